The van der Waals surface area contributed by atoms with Crippen LogP contribution in [0.5, 0.6) is 0 Å². The van der Waals surface area contributed by atoms with Crippen LogP contribution in [0, 0.1) is 17.2 Å². The summed E-state index contributed by atoms with van der Waals surface area (Å²) >= 11 is 0. The summed E-state index contributed by atoms with van der Waals surface area (Å²) < 4.78 is 0. The molecule has 1 aliphatic rings. The molecule has 15 heavy (non-hydrogen) atoms. The summed E-state index contributed by atoms with van der Waals surface area (Å²) in [5.41, 5.74) is -0.318. The molecule has 0 saturated heterocycles. The predicted octanol–water partition coefficient (Wildman–Crippen LogP) is 1.61. The highest BCUT2D eigenvalue weighted by Gasteiger charge is 2.30. The molecule has 0 radical (unpaired) electrons. The Morgan fingerprint density at radius 3 is 2.53 bits per heavy atom. The quantitative estimate of drug-likeness (QED) is 0.722. The van der Waals surface area contributed by atoms with E-state index in [9.17, 15) is 5.26 Å². The summed E-state index contributed by atoms with van der Waals surface area (Å²) in [5.74, 6) is 0.779. The number of hydrogen-bond acceptors (Lipinski definition) is 3. The van der Waals surface area contributed by atoms with E-state index in [1.54, 1.807) is 0 Å². The SMILES string of the molecule is CN(C)CCNC(C)(C#N)CC1CCC1. The van der Waals surface area contributed by atoms with Crippen molar-refractivity contribution in [2.45, 2.75) is 38.1 Å². The van der Waals surface area contributed by atoms with Gasteiger partial charge in [0.1, 0.15) is 5.54 Å². The van der Waals surface area contributed by atoms with Gasteiger partial charge in [0.15, 0.2) is 0 Å². The van der Waals surface area contributed by atoms with Crippen LogP contribution in [0.25, 0.3) is 0 Å². The second-order valence-electron chi connectivity index (χ2n) is 5.18. The maximum Gasteiger partial charge on any atom is 0.104 e. The van der Waals surface area contributed by atoms with Crippen molar-refractivity contribution < 1.29 is 0 Å². The fraction of sp³-hybridized carbons (Fsp3) is 0.917. The van der Waals surface area contributed by atoms with Crippen molar-refractivity contribution in [1.29, 1.82) is 5.26 Å². The van der Waals surface area contributed by atoms with Crippen LogP contribution in [0.2, 0.25) is 0 Å². The molecule has 3 heteroatoms. The molecule has 0 aromatic carbocycles. The summed E-state index contributed by atoms with van der Waals surface area (Å²) in [4.78, 5) is 2.13. The first-order valence-corrected chi connectivity index (χ1v) is 5.87. The van der Waals surface area contributed by atoms with Gasteiger partial charge in [0.05, 0.1) is 6.07 Å². The van der Waals surface area contributed by atoms with E-state index in [0.29, 0.717) is 0 Å². The highest BCUT2D eigenvalue weighted by atomic mass is 15.1. The monoisotopic (exact) mass is 209 g/mol. The molecule has 0 spiro atoms. The lowest BCUT2D eigenvalue weighted by atomic mass is 9.77. The number of nitrogens with zero attached hydrogens (tertiary/aromatic N) is 2. The van der Waals surface area contributed by atoms with Gasteiger partial charge in [-0.15, -0.1) is 0 Å². The molecule has 0 heterocycles. The van der Waals surface area contributed by atoms with Crippen LogP contribution in [0.1, 0.15) is 32.6 Å². The molecule has 3 nitrogen and oxygen atoms in total. The van der Waals surface area contributed by atoms with Crippen LogP contribution in [0.4, 0.5) is 0 Å². The van der Waals surface area contributed by atoms with Crippen LogP contribution >= 0.6 is 0 Å². The Morgan fingerprint density at radius 1 is 1.47 bits per heavy atom. The fourth-order valence-corrected chi connectivity index (χ4v) is 1.99. The maximum absolute atomic E-state index is 9.19. The molecule has 1 N–H and O–H groups in total. The van der Waals surface area contributed by atoms with E-state index >= 15 is 0 Å². The summed E-state index contributed by atoms with van der Waals surface area (Å²) in [6.45, 7) is 3.91. The molecule has 86 valence electrons. The van der Waals surface area contributed by atoms with Crippen LogP contribution in [-0.4, -0.2) is 37.6 Å². The minimum Gasteiger partial charge on any atom is -0.308 e. The van der Waals surface area contributed by atoms with Gasteiger partial charge < -0.3 is 4.90 Å². The van der Waals surface area contributed by atoms with Gasteiger partial charge in [-0.05, 0) is 33.4 Å². The largest absolute Gasteiger partial charge is 0.308 e. The molecular weight excluding hydrogens is 186 g/mol. The number of nitrogens with one attached hydrogen (secondary N) is 1. The van der Waals surface area contributed by atoms with E-state index in [2.05, 4.69) is 30.4 Å². The Balaban J connectivity index is 2.28. The second-order valence-corrected chi connectivity index (χ2v) is 5.18. The van der Waals surface area contributed by atoms with E-state index in [1.807, 2.05) is 6.92 Å². The summed E-state index contributed by atoms with van der Waals surface area (Å²) in [6, 6.07) is 2.42. The van der Waals surface area contributed by atoms with Gasteiger partial charge in [0, 0.05) is 13.1 Å². The van der Waals surface area contributed by atoms with Crippen molar-refractivity contribution in [1.82, 2.24) is 10.2 Å². The van der Waals surface area contributed by atoms with Gasteiger partial charge in [-0.2, -0.15) is 5.26 Å². The molecule has 1 atom stereocenters. The topological polar surface area (TPSA) is 39.1 Å². The molecule has 1 aliphatic carbocycles. The standard InChI is InChI=1S/C12H23N3/c1-12(10-13,9-11-5-4-6-11)14-7-8-15(2)3/h11,14H,4-9H2,1-3H3. The average molecular weight is 209 g/mol. The third-order valence-corrected chi connectivity index (χ3v) is 3.24. The van der Waals surface area contributed by atoms with E-state index in [1.165, 1.54) is 19.3 Å². The van der Waals surface area contributed by atoms with Crippen molar-refractivity contribution in [2.24, 2.45) is 5.92 Å². The lowest BCUT2D eigenvalue weighted by Crippen LogP contribution is -2.46. The lowest BCUT2D eigenvalue weighted by Gasteiger charge is -2.33. The molecular formula is C12H23N3. The first kappa shape index (κ1) is 12.5. The zero-order valence-corrected chi connectivity index (χ0v) is 10.2. The predicted molar refractivity (Wildman–Crippen MR) is 62.5 cm³/mol. The van der Waals surface area contributed by atoms with Crippen LogP contribution in [-0.2, 0) is 0 Å². The summed E-state index contributed by atoms with van der Waals surface area (Å²) in [7, 11) is 4.11. The molecule has 0 bridgehead atoms. The van der Waals surface area contributed by atoms with Crippen molar-refractivity contribution in [3.05, 3.63) is 0 Å². The third kappa shape index (κ3) is 4.19. The van der Waals surface area contributed by atoms with E-state index in [4.69, 9.17) is 0 Å². The molecule has 1 unspecified atom stereocenters. The van der Waals surface area contributed by atoms with Crippen molar-refractivity contribution >= 4 is 0 Å². The maximum atomic E-state index is 9.19. The molecule has 0 aliphatic heterocycles. The lowest BCUT2D eigenvalue weighted by molar-refractivity contribution is 0.233. The second kappa shape index (κ2) is 5.48. The average Bonchev–Trinajstić information content (AvgIpc) is 2.11. The number of likely N-dealkylation sites (N-methyl/N-ethyl adjacent to an activating group) is 1. The molecule has 0 aromatic heterocycles. The first-order valence-electron chi connectivity index (χ1n) is 5.87. The van der Waals surface area contributed by atoms with Crippen LogP contribution in [0.15, 0.2) is 0 Å². The van der Waals surface area contributed by atoms with Crippen LogP contribution < -0.4 is 5.32 Å². The summed E-state index contributed by atoms with van der Waals surface area (Å²) in [6.07, 6.45) is 4.99. The van der Waals surface area contributed by atoms with Gasteiger partial charge in [-0.1, -0.05) is 19.3 Å². The zero-order valence-electron chi connectivity index (χ0n) is 10.2. The van der Waals surface area contributed by atoms with Crippen molar-refractivity contribution in [2.75, 3.05) is 27.2 Å². The van der Waals surface area contributed by atoms with E-state index < -0.39 is 0 Å². The van der Waals surface area contributed by atoms with Crippen molar-refractivity contribution in [3.8, 4) is 6.07 Å². The number of hydrogen-bond donors (Lipinski definition) is 1. The zero-order chi connectivity index (χ0) is 11.3. The van der Waals surface area contributed by atoms with Gasteiger partial charge in [0.2, 0.25) is 0 Å². The number of rotatable bonds is 6. The fourth-order valence-electron chi connectivity index (χ4n) is 1.99. The van der Waals surface area contributed by atoms with Crippen LogP contribution in [0.3, 0.4) is 0 Å². The Hall–Kier alpha value is -0.590. The minimum absolute atomic E-state index is 0.318. The van der Waals surface area contributed by atoms with Gasteiger partial charge >= 0.3 is 0 Å². The minimum atomic E-state index is -0.318. The normalized spacial score (nSPS) is 20.7. The summed E-state index contributed by atoms with van der Waals surface area (Å²) in [5, 5.41) is 12.6. The molecule has 1 rings (SSSR count). The third-order valence-electron chi connectivity index (χ3n) is 3.24. The Bertz CT molecular complexity index is 228. The Morgan fingerprint density at radius 2 is 2.13 bits per heavy atom. The number of nitriles is 1. The van der Waals surface area contributed by atoms with Gasteiger partial charge in [-0.3, -0.25) is 5.32 Å². The highest BCUT2D eigenvalue weighted by Crippen LogP contribution is 2.33. The highest BCUT2D eigenvalue weighted by molar-refractivity contribution is 5.05. The molecule has 0 amide bonds. The smallest absolute Gasteiger partial charge is 0.104 e. The Labute approximate surface area is 93.5 Å². The molecule has 0 aromatic rings. The molecule has 1 fully saturated rings. The van der Waals surface area contributed by atoms with E-state index in [-0.39, 0.29) is 5.54 Å². The molecule has 1 saturated carbocycles. The van der Waals surface area contributed by atoms with E-state index in [0.717, 1.165) is 25.4 Å². The Kier molecular flexibility index (Phi) is 4.56. The van der Waals surface area contributed by atoms with Gasteiger partial charge in [-0.25, -0.2) is 0 Å². The van der Waals surface area contributed by atoms with Crippen molar-refractivity contribution in [3.63, 3.8) is 0 Å². The first-order chi connectivity index (χ1) is 7.06. The van der Waals surface area contributed by atoms with Gasteiger partial charge in [0.25, 0.3) is 0 Å².